The minimum atomic E-state index is -0.231. The van der Waals surface area contributed by atoms with E-state index in [1.165, 1.54) is 0 Å². The Balaban J connectivity index is 2.59. The van der Waals surface area contributed by atoms with E-state index < -0.39 is 0 Å². The van der Waals surface area contributed by atoms with E-state index in [1.807, 2.05) is 34.6 Å². The quantitative estimate of drug-likeness (QED) is 0.768. The van der Waals surface area contributed by atoms with Gasteiger partial charge < -0.3 is 10.2 Å². The minimum Gasteiger partial charge on any atom is -0.351 e. The number of rotatable bonds is 2. The summed E-state index contributed by atoms with van der Waals surface area (Å²) in [6.45, 7) is 10.3. The van der Waals surface area contributed by atoms with Crippen molar-refractivity contribution in [3.8, 4) is 0 Å². The van der Waals surface area contributed by atoms with Crippen LogP contribution >= 0.6 is 0 Å². The van der Waals surface area contributed by atoms with Gasteiger partial charge in [0, 0.05) is 24.5 Å². The van der Waals surface area contributed by atoms with Crippen LogP contribution in [-0.4, -0.2) is 34.8 Å². The Labute approximate surface area is 97.4 Å². The summed E-state index contributed by atoms with van der Waals surface area (Å²) in [5, 5.41) is 2.92. The van der Waals surface area contributed by atoms with Gasteiger partial charge >= 0.3 is 0 Å². The van der Waals surface area contributed by atoms with Crippen molar-refractivity contribution >= 4 is 11.8 Å². The molecule has 1 heterocycles. The lowest BCUT2D eigenvalue weighted by molar-refractivity contribution is -0.130. The van der Waals surface area contributed by atoms with E-state index >= 15 is 0 Å². The molecule has 0 aromatic rings. The Kier molecular flexibility index (Phi) is 3.61. The molecule has 1 saturated heterocycles. The van der Waals surface area contributed by atoms with E-state index in [4.69, 9.17) is 0 Å². The Hall–Kier alpha value is -1.06. The monoisotopic (exact) mass is 226 g/mol. The summed E-state index contributed by atoms with van der Waals surface area (Å²) in [5.41, 5.74) is -0.231. The lowest BCUT2D eigenvalue weighted by Gasteiger charge is -2.24. The van der Waals surface area contributed by atoms with E-state index in [9.17, 15) is 9.59 Å². The third-order valence-electron chi connectivity index (χ3n) is 2.65. The zero-order valence-electron chi connectivity index (χ0n) is 10.8. The molecule has 0 spiro atoms. The molecular weight excluding hydrogens is 204 g/mol. The molecule has 0 aromatic carbocycles. The number of amides is 2. The smallest absolute Gasteiger partial charge is 0.225 e. The molecule has 4 nitrogen and oxygen atoms in total. The van der Waals surface area contributed by atoms with Gasteiger partial charge in [0.25, 0.3) is 0 Å². The first-order valence-corrected chi connectivity index (χ1v) is 5.82. The molecule has 1 aliphatic heterocycles. The number of nitrogens with one attached hydrogen (secondary N) is 1. The maximum Gasteiger partial charge on any atom is 0.225 e. The minimum absolute atomic E-state index is 0.0102. The summed E-state index contributed by atoms with van der Waals surface area (Å²) >= 11 is 0. The van der Waals surface area contributed by atoms with Crippen molar-refractivity contribution in [2.24, 2.45) is 5.92 Å². The van der Waals surface area contributed by atoms with Crippen molar-refractivity contribution in [1.82, 2.24) is 10.2 Å². The Morgan fingerprint density at radius 1 is 1.44 bits per heavy atom. The van der Waals surface area contributed by atoms with Crippen molar-refractivity contribution < 1.29 is 9.59 Å². The Morgan fingerprint density at radius 2 is 2.00 bits per heavy atom. The van der Waals surface area contributed by atoms with Gasteiger partial charge in [-0.25, -0.2) is 0 Å². The van der Waals surface area contributed by atoms with Crippen LogP contribution in [0.4, 0.5) is 0 Å². The topological polar surface area (TPSA) is 49.4 Å². The van der Waals surface area contributed by atoms with Crippen LogP contribution in [0.2, 0.25) is 0 Å². The summed E-state index contributed by atoms with van der Waals surface area (Å²) in [7, 11) is 0. The molecule has 92 valence electrons. The normalized spacial score (nSPS) is 21.8. The van der Waals surface area contributed by atoms with Gasteiger partial charge in [-0.2, -0.15) is 0 Å². The maximum absolute atomic E-state index is 11.9. The fourth-order valence-corrected chi connectivity index (χ4v) is 1.88. The summed E-state index contributed by atoms with van der Waals surface area (Å²) in [6, 6.07) is 0.180. The largest absolute Gasteiger partial charge is 0.351 e. The third-order valence-corrected chi connectivity index (χ3v) is 2.65. The first kappa shape index (κ1) is 13.0. The molecule has 0 bridgehead atoms. The van der Waals surface area contributed by atoms with Crippen molar-refractivity contribution in [1.29, 1.82) is 0 Å². The molecule has 1 N–H and O–H groups in total. The van der Waals surface area contributed by atoms with Crippen LogP contribution in [0.25, 0.3) is 0 Å². The SMILES string of the molecule is CC(C)N1CC(C(=O)NC(C)(C)C)CC1=O. The third kappa shape index (κ3) is 3.22. The number of likely N-dealkylation sites (tertiary alicyclic amines) is 1. The van der Waals surface area contributed by atoms with Crippen molar-refractivity contribution in [2.75, 3.05) is 6.54 Å². The number of carbonyl (C=O) groups excluding carboxylic acids is 2. The zero-order valence-corrected chi connectivity index (χ0v) is 10.8. The number of carbonyl (C=O) groups is 2. The molecule has 1 aliphatic rings. The summed E-state index contributed by atoms with van der Waals surface area (Å²) in [4.78, 5) is 25.3. The highest BCUT2D eigenvalue weighted by Crippen LogP contribution is 2.20. The summed E-state index contributed by atoms with van der Waals surface area (Å²) in [6.07, 6.45) is 0.347. The van der Waals surface area contributed by atoms with Crippen molar-refractivity contribution in [3.63, 3.8) is 0 Å². The van der Waals surface area contributed by atoms with E-state index in [0.29, 0.717) is 13.0 Å². The molecular formula is C12H22N2O2. The van der Waals surface area contributed by atoms with Crippen molar-refractivity contribution in [3.05, 3.63) is 0 Å². The molecule has 1 unspecified atom stereocenters. The lowest BCUT2D eigenvalue weighted by Crippen LogP contribution is -2.44. The van der Waals surface area contributed by atoms with E-state index in [0.717, 1.165) is 0 Å². The molecule has 0 aliphatic carbocycles. The Bertz CT molecular complexity index is 292. The highest BCUT2D eigenvalue weighted by atomic mass is 16.2. The molecule has 0 radical (unpaired) electrons. The van der Waals surface area contributed by atoms with Gasteiger partial charge in [0.1, 0.15) is 0 Å². The summed E-state index contributed by atoms with van der Waals surface area (Å²) < 4.78 is 0. The molecule has 1 rings (SSSR count). The average Bonchev–Trinajstić information content (AvgIpc) is 2.44. The standard InChI is InChI=1S/C12H22N2O2/c1-8(2)14-7-9(6-10(14)15)11(16)13-12(3,4)5/h8-9H,6-7H2,1-5H3,(H,13,16). The van der Waals surface area contributed by atoms with E-state index in [2.05, 4.69) is 5.32 Å². The molecule has 16 heavy (non-hydrogen) atoms. The fraction of sp³-hybridized carbons (Fsp3) is 0.833. The van der Waals surface area contributed by atoms with Gasteiger partial charge in [0.15, 0.2) is 0 Å². The molecule has 1 fully saturated rings. The van der Waals surface area contributed by atoms with Gasteiger partial charge in [-0.3, -0.25) is 9.59 Å². The van der Waals surface area contributed by atoms with E-state index in [1.54, 1.807) is 4.90 Å². The van der Waals surface area contributed by atoms with Crippen LogP contribution in [0.15, 0.2) is 0 Å². The Morgan fingerprint density at radius 3 is 2.38 bits per heavy atom. The first-order chi connectivity index (χ1) is 7.20. The predicted octanol–water partition coefficient (Wildman–Crippen LogP) is 1.16. The highest BCUT2D eigenvalue weighted by molar-refractivity contribution is 5.89. The van der Waals surface area contributed by atoms with Crippen LogP contribution in [0.5, 0.6) is 0 Å². The molecule has 2 amide bonds. The molecule has 0 saturated carbocycles. The van der Waals surface area contributed by atoms with Crippen LogP contribution < -0.4 is 5.32 Å². The van der Waals surface area contributed by atoms with Crippen LogP contribution in [0.3, 0.4) is 0 Å². The average molecular weight is 226 g/mol. The lowest BCUT2D eigenvalue weighted by atomic mass is 10.0. The molecule has 1 atom stereocenters. The van der Waals surface area contributed by atoms with Crippen LogP contribution in [0, 0.1) is 5.92 Å². The van der Waals surface area contributed by atoms with Gasteiger partial charge in [-0.05, 0) is 34.6 Å². The molecule has 0 aromatic heterocycles. The zero-order chi connectivity index (χ0) is 12.5. The maximum atomic E-state index is 11.9. The van der Waals surface area contributed by atoms with E-state index in [-0.39, 0.29) is 29.3 Å². The predicted molar refractivity (Wildman–Crippen MR) is 62.9 cm³/mol. The fourth-order valence-electron chi connectivity index (χ4n) is 1.88. The van der Waals surface area contributed by atoms with Crippen LogP contribution in [-0.2, 0) is 9.59 Å². The van der Waals surface area contributed by atoms with Gasteiger partial charge in [-0.1, -0.05) is 0 Å². The van der Waals surface area contributed by atoms with Gasteiger partial charge in [0.05, 0.1) is 5.92 Å². The second-order valence-corrected chi connectivity index (χ2v) is 5.78. The molecule has 4 heteroatoms. The number of hydrogen-bond donors (Lipinski definition) is 1. The second kappa shape index (κ2) is 4.44. The number of hydrogen-bond acceptors (Lipinski definition) is 2. The van der Waals surface area contributed by atoms with Gasteiger partial charge in [-0.15, -0.1) is 0 Å². The summed E-state index contributed by atoms with van der Waals surface area (Å²) in [5.74, 6) is -0.109. The van der Waals surface area contributed by atoms with Gasteiger partial charge in [0.2, 0.25) is 11.8 Å². The highest BCUT2D eigenvalue weighted by Gasteiger charge is 2.36. The van der Waals surface area contributed by atoms with Crippen molar-refractivity contribution in [2.45, 2.75) is 52.6 Å². The number of nitrogens with zero attached hydrogens (tertiary/aromatic N) is 1. The van der Waals surface area contributed by atoms with Crippen LogP contribution in [0.1, 0.15) is 41.0 Å². The first-order valence-electron chi connectivity index (χ1n) is 5.82. The second-order valence-electron chi connectivity index (χ2n) is 5.78.